The quantitative estimate of drug-likeness (QED) is 0.185. The number of benzene rings is 3. The molecule has 0 aliphatic rings. The van der Waals surface area contributed by atoms with E-state index in [2.05, 4.69) is 61.5 Å². The zero-order valence-corrected chi connectivity index (χ0v) is 27.8. The minimum atomic E-state index is -0.201. The smallest absolute Gasteiger partial charge is 0.134 e. The highest BCUT2D eigenvalue weighted by Gasteiger charge is 2.24. The van der Waals surface area contributed by atoms with E-state index in [1.165, 1.54) is 0 Å². The molecule has 2 N–H and O–H groups in total. The molecule has 0 amide bonds. The number of hydrogen-bond donors (Lipinski definition) is 2. The summed E-state index contributed by atoms with van der Waals surface area (Å²) in [6, 6.07) is 19.8. The number of aromatic nitrogens is 6. The second kappa shape index (κ2) is 11.5. The standard InChI is InChI=1S/C40H36N6O2/c1-39(2,3)25-17-27(37(47)29(19-25)33-21-41-13-15-43-33)31-11-9-23-7-8-24-10-12-32(46-36(24)35(23)45-31)28-18-26(40(4,5)6)20-30(38(28)48)34-22-42-14-16-44-34/h7-22,47-48H,1-6H3. The lowest BCUT2D eigenvalue weighted by atomic mass is 9.83. The van der Waals surface area contributed by atoms with Gasteiger partial charge in [0.05, 0.1) is 46.2 Å². The molecule has 0 spiro atoms. The van der Waals surface area contributed by atoms with Gasteiger partial charge in [-0.3, -0.25) is 19.9 Å². The highest BCUT2D eigenvalue weighted by atomic mass is 16.3. The molecular weight excluding hydrogens is 596 g/mol. The minimum absolute atomic E-state index is 0.0877. The fourth-order valence-electron chi connectivity index (χ4n) is 5.86. The molecular formula is C40H36N6O2. The predicted molar refractivity (Wildman–Crippen MR) is 191 cm³/mol. The van der Waals surface area contributed by atoms with Crippen LogP contribution in [0.4, 0.5) is 0 Å². The lowest BCUT2D eigenvalue weighted by molar-refractivity contribution is 0.477. The van der Waals surface area contributed by atoms with Crippen LogP contribution in [0, 0.1) is 0 Å². The molecule has 0 aliphatic heterocycles. The van der Waals surface area contributed by atoms with Crippen LogP contribution < -0.4 is 0 Å². The number of phenolic OH excluding ortho intramolecular Hbond substituents is 2. The van der Waals surface area contributed by atoms with Gasteiger partial charge >= 0.3 is 0 Å². The second-order valence-electron chi connectivity index (χ2n) is 14.1. The molecule has 4 aromatic heterocycles. The third kappa shape index (κ3) is 5.59. The monoisotopic (exact) mass is 632 g/mol. The van der Waals surface area contributed by atoms with Gasteiger partial charge < -0.3 is 10.2 Å². The Morgan fingerprint density at radius 1 is 0.458 bits per heavy atom. The Morgan fingerprint density at radius 3 is 1.15 bits per heavy atom. The normalized spacial score (nSPS) is 12.1. The van der Waals surface area contributed by atoms with Gasteiger partial charge in [-0.2, -0.15) is 0 Å². The van der Waals surface area contributed by atoms with Gasteiger partial charge in [0.25, 0.3) is 0 Å². The lowest BCUT2D eigenvalue weighted by Gasteiger charge is -2.22. The Kier molecular flexibility index (Phi) is 7.39. The first-order valence-electron chi connectivity index (χ1n) is 15.9. The summed E-state index contributed by atoms with van der Waals surface area (Å²) in [5.41, 5.74) is 7.81. The van der Waals surface area contributed by atoms with Gasteiger partial charge in [0.1, 0.15) is 11.5 Å². The summed E-state index contributed by atoms with van der Waals surface area (Å²) < 4.78 is 0. The maximum Gasteiger partial charge on any atom is 0.134 e. The van der Waals surface area contributed by atoms with Crippen molar-refractivity contribution < 1.29 is 10.2 Å². The summed E-state index contributed by atoms with van der Waals surface area (Å²) in [4.78, 5) is 27.7. The van der Waals surface area contributed by atoms with E-state index in [-0.39, 0.29) is 22.3 Å². The minimum Gasteiger partial charge on any atom is -0.507 e. The van der Waals surface area contributed by atoms with Crippen molar-refractivity contribution in [2.45, 2.75) is 52.4 Å². The van der Waals surface area contributed by atoms with Crippen molar-refractivity contribution >= 4 is 21.8 Å². The number of phenols is 2. The molecule has 0 unspecified atom stereocenters. The summed E-state index contributed by atoms with van der Waals surface area (Å²) in [6.07, 6.45) is 9.76. The molecule has 0 atom stereocenters. The van der Waals surface area contributed by atoms with Crippen LogP contribution in [0.2, 0.25) is 0 Å². The van der Waals surface area contributed by atoms with Gasteiger partial charge in [0.2, 0.25) is 0 Å². The summed E-state index contributed by atoms with van der Waals surface area (Å²) in [5.74, 6) is 0.175. The maximum atomic E-state index is 11.6. The van der Waals surface area contributed by atoms with Crippen molar-refractivity contribution in [2.24, 2.45) is 0 Å². The van der Waals surface area contributed by atoms with Crippen LogP contribution in [0.25, 0.3) is 66.8 Å². The molecule has 7 rings (SSSR count). The molecule has 0 fully saturated rings. The zero-order chi connectivity index (χ0) is 33.8. The van der Waals surface area contributed by atoms with Crippen molar-refractivity contribution in [3.05, 3.63) is 109 Å². The number of rotatable bonds is 4. The van der Waals surface area contributed by atoms with Crippen LogP contribution in [0.1, 0.15) is 52.7 Å². The van der Waals surface area contributed by atoms with Crippen LogP contribution in [0.5, 0.6) is 11.5 Å². The summed E-state index contributed by atoms with van der Waals surface area (Å²) in [7, 11) is 0. The van der Waals surface area contributed by atoms with Crippen molar-refractivity contribution in [1.82, 2.24) is 29.9 Å². The first-order valence-corrected chi connectivity index (χ1v) is 15.9. The van der Waals surface area contributed by atoms with E-state index in [1.54, 1.807) is 37.2 Å². The van der Waals surface area contributed by atoms with E-state index in [4.69, 9.17) is 9.97 Å². The average Bonchev–Trinajstić information content (AvgIpc) is 3.07. The van der Waals surface area contributed by atoms with Crippen molar-refractivity contribution in [3.63, 3.8) is 0 Å². The number of hydrogen-bond acceptors (Lipinski definition) is 8. The number of nitrogens with zero attached hydrogens (tertiary/aromatic N) is 6. The van der Waals surface area contributed by atoms with Crippen molar-refractivity contribution in [2.75, 3.05) is 0 Å². The molecule has 238 valence electrons. The Bertz CT molecular complexity index is 2160. The molecule has 4 heterocycles. The van der Waals surface area contributed by atoms with E-state index < -0.39 is 0 Å². The molecule has 48 heavy (non-hydrogen) atoms. The maximum absolute atomic E-state index is 11.6. The van der Waals surface area contributed by atoms with E-state index in [9.17, 15) is 10.2 Å². The van der Waals surface area contributed by atoms with Crippen molar-refractivity contribution in [3.8, 4) is 56.5 Å². The second-order valence-corrected chi connectivity index (χ2v) is 14.1. The molecule has 0 radical (unpaired) electrons. The fourth-order valence-corrected chi connectivity index (χ4v) is 5.86. The van der Waals surface area contributed by atoms with Gasteiger partial charge in [-0.1, -0.05) is 65.8 Å². The van der Waals surface area contributed by atoms with Gasteiger partial charge in [-0.05, 0) is 58.4 Å². The van der Waals surface area contributed by atoms with Crippen LogP contribution in [0.3, 0.4) is 0 Å². The number of aromatic hydroxyl groups is 2. The first-order chi connectivity index (χ1) is 22.9. The largest absolute Gasteiger partial charge is 0.507 e. The van der Waals surface area contributed by atoms with E-state index >= 15 is 0 Å². The van der Waals surface area contributed by atoms with E-state index in [0.717, 1.165) is 21.9 Å². The number of fused-ring (bicyclic) bond motifs is 3. The molecule has 7 aromatic rings. The number of pyridine rings is 2. The van der Waals surface area contributed by atoms with Crippen LogP contribution >= 0.6 is 0 Å². The molecule has 0 bridgehead atoms. The summed E-state index contributed by atoms with van der Waals surface area (Å²) >= 11 is 0. The van der Waals surface area contributed by atoms with Crippen molar-refractivity contribution in [1.29, 1.82) is 0 Å². The molecule has 0 aliphatic carbocycles. The molecule has 8 heteroatoms. The lowest BCUT2D eigenvalue weighted by Crippen LogP contribution is -2.11. The summed E-state index contributed by atoms with van der Waals surface area (Å²) in [6.45, 7) is 12.8. The molecule has 8 nitrogen and oxygen atoms in total. The van der Waals surface area contributed by atoms with Gasteiger partial charge in [-0.25, -0.2) is 9.97 Å². The van der Waals surface area contributed by atoms with Gasteiger partial charge in [0.15, 0.2) is 0 Å². The van der Waals surface area contributed by atoms with Crippen LogP contribution in [0.15, 0.2) is 97.8 Å². The Hall–Kier alpha value is -5.76. The Labute approximate surface area is 279 Å². The van der Waals surface area contributed by atoms with Crippen LogP contribution in [-0.4, -0.2) is 40.1 Å². The third-order valence-electron chi connectivity index (χ3n) is 8.70. The zero-order valence-electron chi connectivity index (χ0n) is 27.8. The first kappa shape index (κ1) is 30.9. The van der Waals surface area contributed by atoms with E-state index in [0.29, 0.717) is 56.1 Å². The van der Waals surface area contributed by atoms with Crippen LogP contribution in [-0.2, 0) is 10.8 Å². The molecule has 0 saturated carbocycles. The third-order valence-corrected chi connectivity index (χ3v) is 8.70. The molecule has 0 saturated heterocycles. The highest BCUT2D eigenvalue weighted by Crippen LogP contribution is 2.43. The van der Waals surface area contributed by atoms with Gasteiger partial charge in [0, 0.05) is 57.8 Å². The Balaban J connectivity index is 1.45. The van der Waals surface area contributed by atoms with E-state index in [1.807, 2.05) is 60.7 Å². The fraction of sp³-hybridized carbons (Fsp3) is 0.200. The average molecular weight is 633 g/mol. The SMILES string of the molecule is CC(C)(C)c1cc(-c2cnccn2)c(O)c(-c2ccc3ccc4ccc(-c5cc(C(C)(C)C)cc(-c6cnccn6)c5O)nc4c3n2)c1. The van der Waals surface area contributed by atoms with Gasteiger partial charge in [-0.15, -0.1) is 0 Å². The Morgan fingerprint density at radius 2 is 0.812 bits per heavy atom. The summed E-state index contributed by atoms with van der Waals surface area (Å²) in [5, 5.41) is 25.1. The highest BCUT2D eigenvalue weighted by molar-refractivity contribution is 6.04. The molecule has 3 aromatic carbocycles. The predicted octanol–water partition coefficient (Wildman–Crippen LogP) is 9.04. The topological polar surface area (TPSA) is 118 Å².